The number of hydrogen-bond donors (Lipinski definition) is 0. The first-order chi connectivity index (χ1) is 8.77. The second kappa shape index (κ2) is 4.42. The molecule has 0 aliphatic rings. The monoisotopic (exact) mass is 300 g/mol. The molecule has 3 aromatic rings. The Morgan fingerprint density at radius 2 is 1.61 bits per heavy atom. The van der Waals surface area contributed by atoms with Crippen LogP contribution in [-0.4, -0.2) is 5.78 Å². The van der Waals surface area contributed by atoms with E-state index in [1.807, 2.05) is 42.5 Å². The van der Waals surface area contributed by atoms with Crippen molar-refractivity contribution in [3.05, 3.63) is 70.4 Å². The van der Waals surface area contributed by atoms with Gasteiger partial charge in [0.25, 0.3) is 0 Å². The van der Waals surface area contributed by atoms with Gasteiger partial charge in [-0.2, -0.15) is 0 Å². The molecule has 0 aliphatic heterocycles. The van der Waals surface area contributed by atoms with Gasteiger partial charge in [0.05, 0.1) is 4.47 Å². The van der Waals surface area contributed by atoms with Crippen LogP contribution in [0.25, 0.3) is 11.0 Å². The fraction of sp³-hybridized carbons (Fsp3) is 0. The number of fused-ring (bicyclic) bond motifs is 1. The number of furan rings is 1. The van der Waals surface area contributed by atoms with Crippen LogP contribution in [0.2, 0.25) is 0 Å². The highest BCUT2D eigenvalue weighted by Crippen LogP contribution is 2.32. The zero-order chi connectivity index (χ0) is 12.5. The van der Waals surface area contributed by atoms with Gasteiger partial charge in [-0.15, -0.1) is 0 Å². The van der Waals surface area contributed by atoms with Gasteiger partial charge >= 0.3 is 0 Å². The van der Waals surface area contributed by atoms with Gasteiger partial charge in [0, 0.05) is 10.9 Å². The average molecular weight is 301 g/mol. The van der Waals surface area contributed by atoms with Gasteiger partial charge in [0.1, 0.15) is 5.58 Å². The van der Waals surface area contributed by atoms with Crippen molar-refractivity contribution in [3.63, 3.8) is 0 Å². The van der Waals surface area contributed by atoms with Crippen LogP contribution in [0.15, 0.2) is 63.5 Å². The Kier molecular flexibility index (Phi) is 2.76. The van der Waals surface area contributed by atoms with E-state index in [4.69, 9.17) is 4.42 Å². The van der Waals surface area contributed by atoms with Gasteiger partial charge < -0.3 is 4.42 Å². The van der Waals surface area contributed by atoms with Crippen LogP contribution >= 0.6 is 15.9 Å². The Morgan fingerprint density at radius 3 is 2.33 bits per heavy atom. The third kappa shape index (κ3) is 1.77. The van der Waals surface area contributed by atoms with Crippen molar-refractivity contribution in [1.82, 2.24) is 0 Å². The largest absolute Gasteiger partial charge is 0.451 e. The summed E-state index contributed by atoms with van der Waals surface area (Å²) in [4.78, 5) is 12.3. The number of carbonyl (C=O) groups excluding carboxylic acids is 1. The predicted molar refractivity (Wildman–Crippen MR) is 73.8 cm³/mol. The summed E-state index contributed by atoms with van der Waals surface area (Å²) in [5.41, 5.74) is 1.33. The van der Waals surface area contributed by atoms with Crippen LogP contribution in [0.4, 0.5) is 0 Å². The molecule has 88 valence electrons. The Bertz CT molecular complexity index is 714. The maximum atomic E-state index is 12.3. The van der Waals surface area contributed by atoms with Crippen molar-refractivity contribution in [2.75, 3.05) is 0 Å². The van der Waals surface area contributed by atoms with E-state index < -0.39 is 0 Å². The Morgan fingerprint density at radius 1 is 0.944 bits per heavy atom. The van der Waals surface area contributed by atoms with Gasteiger partial charge in [0.2, 0.25) is 5.78 Å². The maximum absolute atomic E-state index is 12.3. The second-order valence-corrected chi connectivity index (χ2v) is 4.73. The summed E-state index contributed by atoms with van der Waals surface area (Å²) < 4.78 is 6.33. The SMILES string of the molecule is O=C(c1ccccc1)c1oc2ccccc2c1Br. The van der Waals surface area contributed by atoms with Crippen LogP contribution in [-0.2, 0) is 0 Å². The van der Waals surface area contributed by atoms with E-state index in [2.05, 4.69) is 15.9 Å². The van der Waals surface area contributed by atoms with E-state index in [1.54, 1.807) is 12.1 Å². The smallest absolute Gasteiger partial charge is 0.229 e. The third-order valence-electron chi connectivity index (χ3n) is 2.78. The van der Waals surface area contributed by atoms with E-state index in [0.717, 1.165) is 5.39 Å². The van der Waals surface area contributed by atoms with Crippen molar-refractivity contribution in [2.24, 2.45) is 0 Å². The molecule has 2 aromatic carbocycles. The Labute approximate surface area is 112 Å². The number of hydrogen-bond acceptors (Lipinski definition) is 2. The number of para-hydroxylation sites is 1. The second-order valence-electron chi connectivity index (χ2n) is 3.94. The molecule has 0 fully saturated rings. The number of benzene rings is 2. The van der Waals surface area contributed by atoms with E-state index in [9.17, 15) is 4.79 Å². The first kappa shape index (κ1) is 11.2. The van der Waals surface area contributed by atoms with Crippen LogP contribution in [0.3, 0.4) is 0 Å². The van der Waals surface area contributed by atoms with Crippen molar-refractivity contribution >= 4 is 32.7 Å². The Balaban J connectivity index is 2.15. The molecule has 3 rings (SSSR count). The minimum atomic E-state index is -0.112. The molecule has 1 aromatic heterocycles. The van der Waals surface area contributed by atoms with E-state index >= 15 is 0 Å². The lowest BCUT2D eigenvalue weighted by Gasteiger charge is -1.97. The van der Waals surface area contributed by atoms with Gasteiger partial charge in [-0.05, 0) is 28.1 Å². The summed E-state index contributed by atoms with van der Waals surface area (Å²) in [5, 5.41) is 0.914. The minimum absolute atomic E-state index is 0.112. The topological polar surface area (TPSA) is 30.2 Å². The summed E-state index contributed by atoms with van der Waals surface area (Å²) in [7, 11) is 0. The fourth-order valence-electron chi connectivity index (χ4n) is 1.88. The average Bonchev–Trinajstić information content (AvgIpc) is 2.77. The van der Waals surface area contributed by atoms with Crippen molar-refractivity contribution in [3.8, 4) is 0 Å². The van der Waals surface area contributed by atoms with Gasteiger partial charge in [-0.1, -0.05) is 42.5 Å². The lowest BCUT2D eigenvalue weighted by atomic mass is 10.1. The molecule has 0 spiro atoms. The highest BCUT2D eigenvalue weighted by molar-refractivity contribution is 9.10. The lowest BCUT2D eigenvalue weighted by Crippen LogP contribution is -1.99. The quantitative estimate of drug-likeness (QED) is 0.656. The first-order valence-electron chi connectivity index (χ1n) is 5.54. The molecule has 0 bridgehead atoms. The fourth-order valence-corrected chi connectivity index (χ4v) is 2.47. The number of ketones is 1. The van der Waals surface area contributed by atoms with Crippen molar-refractivity contribution < 1.29 is 9.21 Å². The van der Waals surface area contributed by atoms with Crippen molar-refractivity contribution in [2.45, 2.75) is 0 Å². The van der Waals surface area contributed by atoms with E-state index in [-0.39, 0.29) is 5.78 Å². The molecule has 0 N–H and O–H groups in total. The number of carbonyl (C=O) groups is 1. The van der Waals surface area contributed by atoms with E-state index in [1.165, 1.54) is 0 Å². The molecule has 3 heteroatoms. The lowest BCUT2D eigenvalue weighted by molar-refractivity contribution is 0.101. The highest BCUT2D eigenvalue weighted by atomic mass is 79.9. The molecular weight excluding hydrogens is 292 g/mol. The van der Waals surface area contributed by atoms with E-state index in [0.29, 0.717) is 21.4 Å². The number of halogens is 1. The first-order valence-corrected chi connectivity index (χ1v) is 6.33. The van der Waals surface area contributed by atoms with Crippen LogP contribution in [0.1, 0.15) is 16.1 Å². The summed E-state index contributed by atoms with van der Waals surface area (Å²) >= 11 is 3.44. The molecule has 0 saturated heterocycles. The standard InChI is InChI=1S/C15H9BrO2/c16-13-11-8-4-5-9-12(11)18-15(13)14(17)10-6-2-1-3-7-10/h1-9H. The zero-order valence-electron chi connectivity index (χ0n) is 9.39. The molecule has 0 aliphatic carbocycles. The molecule has 0 radical (unpaired) electrons. The summed E-state index contributed by atoms with van der Waals surface area (Å²) in [6.07, 6.45) is 0. The molecular formula is C15H9BrO2. The predicted octanol–water partition coefficient (Wildman–Crippen LogP) is 4.43. The van der Waals surface area contributed by atoms with Gasteiger partial charge in [-0.3, -0.25) is 4.79 Å². The van der Waals surface area contributed by atoms with Crippen LogP contribution in [0.5, 0.6) is 0 Å². The molecule has 0 saturated carbocycles. The normalized spacial score (nSPS) is 10.7. The zero-order valence-corrected chi connectivity index (χ0v) is 11.0. The minimum Gasteiger partial charge on any atom is -0.451 e. The summed E-state index contributed by atoms with van der Waals surface area (Å²) in [5.74, 6) is 0.237. The van der Waals surface area contributed by atoms with Crippen LogP contribution in [0, 0.1) is 0 Å². The molecule has 2 nitrogen and oxygen atoms in total. The maximum Gasteiger partial charge on any atom is 0.229 e. The molecule has 1 heterocycles. The molecule has 0 amide bonds. The summed E-state index contributed by atoms with van der Waals surface area (Å²) in [6, 6.07) is 16.7. The van der Waals surface area contributed by atoms with Crippen LogP contribution < -0.4 is 0 Å². The Hall–Kier alpha value is -1.87. The molecule has 0 atom stereocenters. The third-order valence-corrected chi connectivity index (χ3v) is 3.56. The summed E-state index contributed by atoms with van der Waals surface area (Å²) in [6.45, 7) is 0. The molecule has 0 unspecified atom stereocenters. The highest BCUT2D eigenvalue weighted by Gasteiger charge is 2.19. The van der Waals surface area contributed by atoms with Gasteiger partial charge in [-0.25, -0.2) is 0 Å². The molecule has 18 heavy (non-hydrogen) atoms. The van der Waals surface area contributed by atoms with Crippen molar-refractivity contribution in [1.29, 1.82) is 0 Å². The van der Waals surface area contributed by atoms with Gasteiger partial charge in [0.15, 0.2) is 5.76 Å². The number of rotatable bonds is 2.